The van der Waals surface area contributed by atoms with Crippen LogP contribution in [0.15, 0.2) is 36.7 Å². The first kappa shape index (κ1) is 18.3. The Labute approximate surface area is 153 Å². The number of anilines is 1. The lowest BCUT2D eigenvalue weighted by Crippen LogP contribution is -2.36. The van der Waals surface area contributed by atoms with E-state index in [0.717, 1.165) is 0 Å². The molecule has 0 aliphatic rings. The van der Waals surface area contributed by atoms with Crippen LogP contribution in [-0.2, 0) is 4.79 Å². The maximum Gasteiger partial charge on any atom is 0.350 e. The number of pyridine rings is 1. The Morgan fingerprint density at radius 1 is 1.26 bits per heavy atom. The predicted octanol–water partition coefficient (Wildman–Crippen LogP) is 1.06. The largest absolute Gasteiger partial charge is 0.480 e. The van der Waals surface area contributed by atoms with Gasteiger partial charge in [0.05, 0.1) is 13.3 Å². The molecule has 140 valence electrons. The van der Waals surface area contributed by atoms with E-state index in [2.05, 4.69) is 20.4 Å². The maximum atomic E-state index is 12.3. The van der Waals surface area contributed by atoms with Crippen LogP contribution in [0.2, 0.25) is 0 Å². The second-order valence-corrected chi connectivity index (χ2v) is 6.06. The Morgan fingerprint density at radius 2 is 2.04 bits per heavy atom. The molecule has 0 saturated heterocycles. The molecular weight excluding hydrogens is 354 g/mol. The van der Waals surface area contributed by atoms with Gasteiger partial charge in [0, 0.05) is 12.3 Å². The van der Waals surface area contributed by atoms with E-state index in [1.807, 2.05) is 0 Å². The number of methoxy groups -OCH3 is 1. The van der Waals surface area contributed by atoms with Crippen molar-refractivity contribution in [3.8, 4) is 11.8 Å². The maximum absolute atomic E-state index is 12.3. The summed E-state index contributed by atoms with van der Waals surface area (Å²) in [7, 11) is 1.40. The highest BCUT2D eigenvalue weighted by atomic mass is 16.5. The topological polar surface area (TPSA) is 128 Å². The minimum atomic E-state index is -1.55. The summed E-state index contributed by atoms with van der Waals surface area (Å²) >= 11 is 0. The molecule has 0 spiro atoms. The number of nitrogens with zero attached hydrogens (tertiary/aromatic N) is 4. The molecule has 0 saturated carbocycles. The van der Waals surface area contributed by atoms with Crippen LogP contribution >= 0.6 is 0 Å². The standard InChI is InChI=1S/C17H17N5O5/c1-17(2,25)16(24)20-11-9-22-12(19-11)6-7-13(21-22)27-15(23)10-5-4-8-18-14(10)26-3/h4-9,25H,1-3H3,(H,20,24). The summed E-state index contributed by atoms with van der Waals surface area (Å²) in [5.74, 6) is -0.922. The van der Waals surface area contributed by atoms with Crippen LogP contribution in [0, 0.1) is 0 Å². The molecule has 0 radical (unpaired) electrons. The highest BCUT2D eigenvalue weighted by Gasteiger charge is 2.24. The molecule has 0 fully saturated rings. The van der Waals surface area contributed by atoms with Gasteiger partial charge in [-0.05, 0) is 32.0 Å². The highest BCUT2D eigenvalue weighted by molar-refractivity contribution is 5.96. The lowest BCUT2D eigenvalue weighted by atomic mass is 10.1. The second kappa shape index (κ2) is 7.00. The fraction of sp³-hybridized carbons (Fsp3) is 0.235. The summed E-state index contributed by atoms with van der Waals surface area (Å²) in [4.78, 5) is 32.2. The molecule has 3 aromatic rings. The fourth-order valence-electron chi connectivity index (χ4n) is 2.11. The number of imidazole rings is 1. The third-order valence-electron chi connectivity index (χ3n) is 3.47. The molecule has 3 heterocycles. The summed E-state index contributed by atoms with van der Waals surface area (Å²) in [5.41, 5.74) is -0.974. The van der Waals surface area contributed by atoms with E-state index >= 15 is 0 Å². The molecule has 3 aromatic heterocycles. The van der Waals surface area contributed by atoms with Crippen molar-refractivity contribution in [2.45, 2.75) is 19.4 Å². The number of nitrogens with one attached hydrogen (secondary N) is 1. The van der Waals surface area contributed by atoms with Crippen molar-refractivity contribution >= 4 is 23.3 Å². The third-order valence-corrected chi connectivity index (χ3v) is 3.47. The number of carbonyl (C=O) groups excluding carboxylic acids is 2. The third kappa shape index (κ3) is 4.01. The van der Waals surface area contributed by atoms with Crippen molar-refractivity contribution in [2.75, 3.05) is 12.4 Å². The monoisotopic (exact) mass is 371 g/mol. The average Bonchev–Trinajstić information content (AvgIpc) is 3.02. The number of carbonyl (C=O) groups is 2. The van der Waals surface area contributed by atoms with Gasteiger partial charge >= 0.3 is 5.97 Å². The van der Waals surface area contributed by atoms with Gasteiger partial charge in [-0.1, -0.05) is 0 Å². The van der Waals surface area contributed by atoms with Crippen molar-refractivity contribution in [1.29, 1.82) is 0 Å². The number of fused-ring (bicyclic) bond motifs is 1. The van der Waals surface area contributed by atoms with Gasteiger partial charge in [0.2, 0.25) is 11.8 Å². The van der Waals surface area contributed by atoms with E-state index in [4.69, 9.17) is 9.47 Å². The summed E-state index contributed by atoms with van der Waals surface area (Å²) in [6.45, 7) is 2.72. The molecule has 0 aliphatic heterocycles. The average molecular weight is 371 g/mol. The van der Waals surface area contributed by atoms with Crippen LogP contribution in [0.25, 0.3) is 5.65 Å². The Bertz CT molecular complexity index is 1010. The summed E-state index contributed by atoms with van der Waals surface area (Å²) in [5, 5.41) is 16.3. The van der Waals surface area contributed by atoms with E-state index < -0.39 is 17.5 Å². The molecule has 10 nitrogen and oxygen atoms in total. The van der Waals surface area contributed by atoms with Gasteiger partial charge < -0.3 is 19.9 Å². The Morgan fingerprint density at radius 3 is 2.74 bits per heavy atom. The minimum absolute atomic E-state index is 0.0242. The summed E-state index contributed by atoms with van der Waals surface area (Å²) < 4.78 is 11.6. The zero-order valence-corrected chi connectivity index (χ0v) is 14.8. The van der Waals surface area contributed by atoms with Crippen molar-refractivity contribution in [3.63, 3.8) is 0 Å². The molecule has 0 atom stereocenters. The molecule has 0 bridgehead atoms. The zero-order chi connectivity index (χ0) is 19.6. The molecule has 2 N–H and O–H groups in total. The number of aromatic nitrogens is 4. The Hall–Kier alpha value is -3.53. The quantitative estimate of drug-likeness (QED) is 0.637. The number of hydrogen-bond acceptors (Lipinski definition) is 8. The van der Waals surface area contributed by atoms with E-state index in [9.17, 15) is 14.7 Å². The molecule has 10 heteroatoms. The van der Waals surface area contributed by atoms with E-state index in [1.165, 1.54) is 50.0 Å². The molecule has 1 amide bonds. The van der Waals surface area contributed by atoms with Crippen LogP contribution < -0.4 is 14.8 Å². The van der Waals surface area contributed by atoms with E-state index in [0.29, 0.717) is 5.65 Å². The number of amides is 1. The number of esters is 1. The summed E-state index contributed by atoms with van der Waals surface area (Å²) in [6, 6.07) is 6.14. The molecule has 0 aliphatic carbocycles. The molecule has 0 aromatic carbocycles. The summed E-state index contributed by atoms with van der Waals surface area (Å²) in [6.07, 6.45) is 2.93. The number of rotatable bonds is 5. The lowest BCUT2D eigenvalue weighted by molar-refractivity contribution is -0.130. The van der Waals surface area contributed by atoms with Crippen LogP contribution in [0.1, 0.15) is 24.2 Å². The number of ether oxygens (including phenoxy) is 2. The zero-order valence-electron chi connectivity index (χ0n) is 14.8. The first-order chi connectivity index (χ1) is 12.8. The van der Waals surface area contributed by atoms with Crippen molar-refractivity contribution in [3.05, 3.63) is 42.2 Å². The van der Waals surface area contributed by atoms with Gasteiger partial charge in [0.15, 0.2) is 11.5 Å². The molecule has 27 heavy (non-hydrogen) atoms. The van der Waals surface area contributed by atoms with Gasteiger partial charge in [-0.2, -0.15) is 0 Å². The van der Waals surface area contributed by atoms with Crippen LogP contribution in [-0.4, -0.2) is 49.3 Å². The molecule has 3 rings (SSSR count). The fourth-order valence-corrected chi connectivity index (χ4v) is 2.11. The molecule has 0 unspecified atom stereocenters. The normalized spacial score (nSPS) is 11.3. The van der Waals surface area contributed by atoms with Crippen LogP contribution in [0.3, 0.4) is 0 Å². The van der Waals surface area contributed by atoms with Crippen molar-refractivity contribution in [1.82, 2.24) is 19.6 Å². The SMILES string of the molecule is COc1ncccc1C(=O)Oc1ccc2nc(NC(=O)C(C)(C)O)cn2n1. The Kier molecular flexibility index (Phi) is 4.74. The lowest BCUT2D eigenvalue weighted by Gasteiger charge is -2.14. The molecular formula is C17H17N5O5. The number of hydrogen-bond donors (Lipinski definition) is 2. The van der Waals surface area contributed by atoms with E-state index in [-0.39, 0.29) is 23.1 Å². The van der Waals surface area contributed by atoms with Crippen LogP contribution in [0.5, 0.6) is 11.8 Å². The van der Waals surface area contributed by atoms with Gasteiger partial charge in [-0.3, -0.25) is 4.79 Å². The van der Waals surface area contributed by atoms with Gasteiger partial charge in [-0.15, -0.1) is 5.10 Å². The predicted molar refractivity (Wildman–Crippen MR) is 93.7 cm³/mol. The Balaban J connectivity index is 1.80. The van der Waals surface area contributed by atoms with Gasteiger partial charge in [-0.25, -0.2) is 19.3 Å². The van der Waals surface area contributed by atoms with Crippen molar-refractivity contribution in [2.24, 2.45) is 0 Å². The first-order valence-electron chi connectivity index (χ1n) is 7.89. The second-order valence-electron chi connectivity index (χ2n) is 6.06. The van der Waals surface area contributed by atoms with Gasteiger partial charge in [0.25, 0.3) is 5.91 Å². The van der Waals surface area contributed by atoms with E-state index in [1.54, 1.807) is 12.1 Å². The van der Waals surface area contributed by atoms with Crippen LogP contribution in [0.4, 0.5) is 5.82 Å². The smallest absolute Gasteiger partial charge is 0.350 e. The van der Waals surface area contributed by atoms with Gasteiger partial charge in [0.1, 0.15) is 11.2 Å². The number of aliphatic hydroxyl groups is 1. The first-order valence-corrected chi connectivity index (χ1v) is 7.89. The minimum Gasteiger partial charge on any atom is -0.480 e. The van der Waals surface area contributed by atoms with Crippen molar-refractivity contribution < 1.29 is 24.2 Å². The highest BCUT2D eigenvalue weighted by Crippen LogP contribution is 2.18.